The first kappa shape index (κ1) is 20.8. The quantitative estimate of drug-likeness (QED) is 0.743. The van der Waals surface area contributed by atoms with Crippen LogP contribution in [0.15, 0.2) is 81.6 Å². The zero-order valence-electron chi connectivity index (χ0n) is 15.4. The number of carboxylic acid groups (broad SMARTS) is 1. The van der Waals surface area contributed by atoms with Crippen molar-refractivity contribution in [3.8, 4) is 0 Å². The van der Waals surface area contributed by atoms with Crippen LogP contribution in [0.4, 0.5) is 5.69 Å². The van der Waals surface area contributed by atoms with Gasteiger partial charge >= 0.3 is 5.97 Å². The van der Waals surface area contributed by atoms with Crippen molar-refractivity contribution >= 4 is 39.0 Å². The average Bonchev–Trinajstić information content (AvgIpc) is 2.68. The third kappa shape index (κ3) is 4.11. The van der Waals surface area contributed by atoms with E-state index in [0.29, 0.717) is 0 Å². The Kier molecular flexibility index (Phi) is 5.91. The fourth-order valence-electron chi connectivity index (χ4n) is 3.23. The molecule has 2 aromatic rings. The normalized spacial score (nSPS) is 19.1. The molecule has 0 saturated heterocycles. The second kappa shape index (κ2) is 8.23. The molecule has 29 heavy (non-hydrogen) atoms. The number of para-hydroxylation sites is 1. The minimum Gasteiger partial charge on any atom is -0.478 e. The molecular weight excluding hydrogens is 414 g/mol. The van der Waals surface area contributed by atoms with Gasteiger partial charge in [0.2, 0.25) is 15.7 Å². The first-order chi connectivity index (χ1) is 13.7. The first-order valence-corrected chi connectivity index (χ1v) is 10.6. The summed E-state index contributed by atoms with van der Waals surface area (Å²) in [6, 6.07) is 13.9. The number of hydrogen-bond acceptors (Lipinski definition) is 4. The van der Waals surface area contributed by atoms with Crippen molar-refractivity contribution in [2.75, 3.05) is 5.32 Å². The van der Waals surface area contributed by atoms with Crippen LogP contribution in [0.25, 0.3) is 0 Å². The van der Waals surface area contributed by atoms with Gasteiger partial charge in [-0.3, -0.25) is 4.79 Å². The molecule has 0 aliphatic heterocycles. The Bertz CT molecular complexity index is 1120. The van der Waals surface area contributed by atoms with E-state index in [9.17, 15) is 23.1 Å². The highest BCUT2D eigenvalue weighted by molar-refractivity contribution is 7.95. The molecule has 1 aliphatic rings. The molecule has 2 atom stereocenters. The number of anilines is 1. The predicted octanol–water partition coefficient (Wildman–Crippen LogP) is 4.07. The fourth-order valence-corrected chi connectivity index (χ4v) is 5.24. The van der Waals surface area contributed by atoms with Gasteiger partial charge in [0.15, 0.2) is 0 Å². The number of nitrogens with one attached hydrogen (secondary N) is 1. The van der Waals surface area contributed by atoms with Crippen molar-refractivity contribution in [3.05, 3.63) is 82.3 Å². The summed E-state index contributed by atoms with van der Waals surface area (Å²) >= 11 is 6.25. The number of sulfone groups is 1. The maximum Gasteiger partial charge on any atom is 0.337 e. The number of amides is 1. The molecule has 0 heterocycles. The number of carboxylic acids is 1. The van der Waals surface area contributed by atoms with E-state index in [4.69, 9.17) is 11.6 Å². The van der Waals surface area contributed by atoms with E-state index in [1.165, 1.54) is 36.4 Å². The van der Waals surface area contributed by atoms with Crippen LogP contribution in [0.5, 0.6) is 0 Å². The third-order valence-corrected chi connectivity index (χ3v) is 7.10. The first-order valence-electron chi connectivity index (χ1n) is 8.74. The lowest BCUT2D eigenvalue weighted by Gasteiger charge is -2.28. The van der Waals surface area contributed by atoms with E-state index in [0.717, 1.165) is 0 Å². The number of halogens is 1. The highest BCUT2D eigenvalue weighted by atomic mass is 35.5. The van der Waals surface area contributed by atoms with Crippen molar-refractivity contribution in [3.63, 3.8) is 0 Å². The number of rotatable bonds is 5. The number of aromatic carboxylic acids is 1. The highest BCUT2D eigenvalue weighted by Gasteiger charge is 2.38. The van der Waals surface area contributed by atoms with Crippen molar-refractivity contribution in [1.29, 1.82) is 0 Å². The molecule has 2 aromatic carbocycles. The van der Waals surface area contributed by atoms with Crippen LogP contribution in [-0.4, -0.2) is 25.4 Å². The van der Waals surface area contributed by atoms with Gasteiger partial charge in [-0.2, -0.15) is 0 Å². The number of carbonyl (C=O) groups is 2. The van der Waals surface area contributed by atoms with E-state index < -0.39 is 33.5 Å². The summed E-state index contributed by atoms with van der Waals surface area (Å²) in [6.07, 6.45) is 2.80. The molecule has 0 fully saturated rings. The van der Waals surface area contributed by atoms with E-state index >= 15 is 0 Å². The Morgan fingerprint density at radius 2 is 1.62 bits per heavy atom. The largest absolute Gasteiger partial charge is 0.478 e. The molecule has 0 radical (unpaired) electrons. The Morgan fingerprint density at radius 3 is 2.28 bits per heavy atom. The zero-order valence-corrected chi connectivity index (χ0v) is 16.9. The van der Waals surface area contributed by atoms with Gasteiger partial charge < -0.3 is 10.4 Å². The molecular formula is C21H18ClNO5S. The molecule has 1 aliphatic carbocycles. The molecule has 6 nitrogen and oxygen atoms in total. The minimum atomic E-state index is -3.81. The summed E-state index contributed by atoms with van der Waals surface area (Å²) < 4.78 is 26.0. The van der Waals surface area contributed by atoms with Crippen LogP contribution >= 0.6 is 11.6 Å². The molecule has 1 amide bonds. The second-order valence-electron chi connectivity index (χ2n) is 6.54. The van der Waals surface area contributed by atoms with Crippen LogP contribution in [0.1, 0.15) is 17.3 Å². The van der Waals surface area contributed by atoms with Crippen LogP contribution < -0.4 is 5.32 Å². The smallest absolute Gasteiger partial charge is 0.337 e. The molecule has 2 N–H and O–H groups in total. The van der Waals surface area contributed by atoms with E-state index in [1.807, 2.05) is 0 Å². The zero-order chi connectivity index (χ0) is 21.2. The number of allylic oxidation sites excluding steroid dienone is 3. The van der Waals surface area contributed by atoms with Gasteiger partial charge in [-0.15, -0.1) is 0 Å². The third-order valence-electron chi connectivity index (χ3n) is 4.71. The SMILES string of the molecule is CC1C(S(=O)(=O)c2ccccc2)=CC=C(Cl)C1C(=O)Nc1ccccc1C(=O)O. The molecule has 0 spiro atoms. The Morgan fingerprint density at radius 1 is 1.00 bits per heavy atom. The maximum atomic E-state index is 13.0. The van der Waals surface area contributed by atoms with Gasteiger partial charge in [-0.25, -0.2) is 13.2 Å². The van der Waals surface area contributed by atoms with Gasteiger partial charge in [0, 0.05) is 11.0 Å². The van der Waals surface area contributed by atoms with E-state index in [-0.39, 0.29) is 26.1 Å². The van der Waals surface area contributed by atoms with Gasteiger partial charge in [-0.1, -0.05) is 48.9 Å². The summed E-state index contributed by atoms with van der Waals surface area (Å²) in [5.41, 5.74) is 0.0424. The summed E-state index contributed by atoms with van der Waals surface area (Å²) in [5, 5.41) is 12.0. The molecule has 150 valence electrons. The maximum absolute atomic E-state index is 13.0. The highest BCUT2D eigenvalue weighted by Crippen LogP contribution is 2.39. The van der Waals surface area contributed by atoms with Gasteiger partial charge in [0.1, 0.15) is 0 Å². The Balaban J connectivity index is 1.92. The fraction of sp³-hybridized carbons (Fsp3) is 0.143. The van der Waals surface area contributed by atoms with Crippen LogP contribution in [0.3, 0.4) is 0 Å². The van der Waals surface area contributed by atoms with Crippen LogP contribution in [0, 0.1) is 11.8 Å². The van der Waals surface area contributed by atoms with Crippen molar-refractivity contribution in [1.82, 2.24) is 0 Å². The van der Waals surface area contributed by atoms with Crippen molar-refractivity contribution in [2.45, 2.75) is 11.8 Å². The summed E-state index contributed by atoms with van der Waals surface area (Å²) in [7, 11) is -3.81. The molecule has 0 bridgehead atoms. The molecule has 8 heteroatoms. The number of hydrogen-bond donors (Lipinski definition) is 2. The standard InChI is InChI=1S/C21H18ClNO5S/c1-13-18(29(27,28)14-7-3-2-4-8-14)12-11-16(22)19(13)20(24)23-17-10-6-5-9-15(17)21(25)26/h2-13,19H,1H3,(H,23,24)(H,25,26). The summed E-state index contributed by atoms with van der Waals surface area (Å²) in [6.45, 7) is 1.61. The number of carbonyl (C=O) groups excluding carboxylic acids is 1. The second-order valence-corrected chi connectivity index (χ2v) is 8.93. The van der Waals surface area contributed by atoms with Crippen molar-refractivity contribution < 1.29 is 23.1 Å². The summed E-state index contributed by atoms with van der Waals surface area (Å²) in [4.78, 5) is 24.5. The molecule has 0 aromatic heterocycles. The number of benzene rings is 2. The van der Waals surface area contributed by atoms with Gasteiger partial charge in [-0.05, 0) is 36.4 Å². The molecule has 0 saturated carbocycles. The molecule has 2 unspecified atom stereocenters. The van der Waals surface area contributed by atoms with E-state index in [1.54, 1.807) is 37.3 Å². The van der Waals surface area contributed by atoms with Crippen LogP contribution in [-0.2, 0) is 14.6 Å². The molecule has 3 rings (SSSR count). The van der Waals surface area contributed by atoms with Gasteiger partial charge in [0.25, 0.3) is 0 Å². The average molecular weight is 432 g/mol. The van der Waals surface area contributed by atoms with Crippen LogP contribution in [0.2, 0.25) is 0 Å². The Labute approximate surface area is 173 Å². The summed E-state index contributed by atoms with van der Waals surface area (Å²) in [5.74, 6) is -3.49. The van der Waals surface area contributed by atoms with Crippen molar-refractivity contribution in [2.24, 2.45) is 11.8 Å². The van der Waals surface area contributed by atoms with E-state index in [2.05, 4.69) is 5.32 Å². The minimum absolute atomic E-state index is 0.0692. The monoisotopic (exact) mass is 431 g/mol. The topological polar surface area (TPSA) is 101 Å². The lowest BCUT2D eigenvalue weighted by atomic mass is 9.88. The lowest BCUT2D eigenvalue weighted by Crippen LogP contribution is -2.33. The Hall–Kier alpha value is -2.90. The van der Waals surface area contributed by atoms with Gasteiger partial charge in [0.05, 0.1) is 27.0 Å². The lowest BCUT2D eigenvalue weighted by molar-refractivity contribution is -0.119. The predicted molar refractivity (Wildman–Crippen MR) is 110 cm³/mol.